The van der Waals surface area contributed by atoms with Crippen LogP contribution in [0.25, 0.3) is 0 Å². The molecule has 0 unspecified atom stereocenters. The molecule has 0 radical (unpaired) electrons. The second-order valence-corrected chi connectivity index (χ2v) is 6.48. The van der Waals surface area contributed by atoms with Crippen molar-refractivity contribution < 1.29 is 4.74 Å². The summed E-state index contributed by atoms with van der Waals surface area (Å²) < 4.78 is 5.81. The molecule has 0 bridgehead atoms. The van der Waals surface area contributed by atoms with Gasteiger partial charge >= 0.3 is 0 Å². The van der Waals surface area contributed by atoms with Crippen molar-refractivity contribution in [3.05, 3.63) is 65.6 Å². The first-order chi connectivity index (χ1) is 12.3. The zero-order chi connectivity index (χ0) is 17.1. The highest BCUT2D eigenvalue weighted by atomic mass is 35.5. The predicted octanol–water partition coefficient (Wildman–Crippen LogP) is 3.98. The van der Waals surface area contributed by atoms with Gasteiger partial charge in [0.25, 0.3) is 0 Å². The maximum absolute atomic E-state index is 5.90. The molecule has 2 aromatic heterocycles. The van der Waals surface area contributed by atoms with E-state index in [2.05, 4.69) is 24.8 Å². The van der Waals surface area contributed by atoms with Crippen LogP contribution >= 0.6 is 11.6 Å². The number of ether oxygens (including phenoxy) is 1. The number of nitrogens with zero attached hydrogens (tertiary/aromatic N) is 4. The Balaban J connectivity index is 1.51. The summed E-state index contributed by atoms with van der Waals surface area (Å²) in [7, 11) is 0. The molecule has 1 saturated heterocycles. The van der Waals surface area contributed by atoms with Crippen molar-refractivity contribution in [3.8, 4) is 11.6 Å². The molecule has 7 heteroatoms. The lowest BCUT2D eigenvalue weighted by Crippen LogP contribution is -2.23. The summed E-state index contributed by atoms with van der Waals surface area (Å²) >= 11 is 5.90. The van der Waals surface area contributed by atoms with E-state index in [4.69, 9.17) is 16.3 Å². The van der Waals surface area contributed by atoms with Gasteiger partial charge in [-0.2, -0.15) is 0 Å². The number of rotatable bonds is 5. The summed E-state index contributed by atoms with van der Waals surface area (Å²) in [5.41, 5.74) is 2.04. The molecule has 1 N–H and O–H groups in total. The van der Waals surface area contributed by atoms with E-state index in [0.717, 1.165) is 37.3 Å². The minimum Gasteiger partial charge on any atom is -0.437 e. The summed E-state index contributed by atoms with van der Waals surface area (Å²) in [5.74, 6) is 1.19. The topological polar surface area (TPSA) is 66.9 Å². The number of halogens is 1. The van der Waals surface area contributed by atoms with Crippen LogP contribution in [0.3, 0.4) is 0 Å². The first kappa shape index (κ1) is 16.1. The Morgan fingerprint density at radius 1 is 1.16 bits per heavy atom. The second kappa shape index (κ2) is 7.21. The first-order valence-corrected chi connectivity index (χ1v) is 8.62. The van der Waals surface area contributed by atoms with Crippen LogP contribution in [-0.4, -0.2) is 31.4 Å². The van der Waals surface area contributed by atoms with Crippen LogP contribution in [0.2, 0.25) is 5.02 Å². The molecule has 0 saturated carbocycles. The van der Waals surface area contributed by atoms with Gasteiger partial charge in [-0.05, 0) is 43.7 Å². The van der Waals surface area contributed by atoms with E-state index < -0.39 is 0 Å². The Morgan fingerprint density at radius 2 is 2.04 bits per heavy atom. The molecule has 6 nitrogen and oxygen atoms in total. The molecule has 128 valence electrons. The van der Waals surface area contributed by atoms with Crippen molar-refractivity contribution >= 4 is 11.6 Å². The van der Waals surface area contributed by atoms with Crippen LogP contribution in [0, 0.1) is 0 Å². The van der Waals surface area contributed by atoms with Gasteiger partial charge in [0, 0.05) is 23.5 Å². The molecule has 4 rings (SSSR count). The van der Waals surface area contributed by atoms with E-state index in [1.165, 1.54) is 0 Å². The van der Waals surface area contributed by atoms with E-state index in [1.54, 1.807) is 24.7 Å². The molecule has 1 fully saturated rings. The van der Waals surface area contributed by atoms with Gasteiger partial charge in [-0.25, -0.2) is 9.97 Å². The summed E-state index contributed by atoms with van der Waals surface area (Å²) in [6.45, 7) is 1.86. The van der Waals surface area contributed by atoms with Gasteiger partial charge < -0.3 is 9.72 Å². The minimum absolute atomic E-state index is 0.240. The first-order valence-electron chi connectivity index (χ1n) is 8.24. The number of benzene rings is 1. The second-order valence-electron chi connectivity index (χ2n) is 6.04. The molecule has 0 spiro atoms. The van der Waals surface area contributed by atoms with E-state index >= 15 is 0 Å². The molecule has 3 aromatic rings. The highest BCUT2D eigenvalue weighted by Crippen LogP contribution is 2.32. The lowest BCUT2D eigenvalue weighted by Gasteiger charge is -2.23. The minimum atomic E-state index is 0.240. The summed E-state index contributed by atoms with van der Waals surface area (Å²) in [6, 6.07) is 7.45. The maximum Gasteiger partial charge on any atom is 0.238 e. The zero-order valence-corrected chi connectivity index (χ0v) is 14.4. The van der Waals surface area contributed by atoms with Crippen LogP contribution in [0.4, 0.5) is 0 Å². The number of H-pyrrole nitrogens is 1. The van der Waals surface area contributed by atoms with E-state index in [9.17, 15) is 0 Å². The molecule has 1 atom stereocenters. The predicted molar refractivity (Wildman–Crippen MR) is 94.5 cm³/mol. The highest BCUT2D eigenvalue weighted by molar-refractivity contribution is 6.30. The van der Waals surface area contributed by atoms with E-state index in [0.29, 0.717) is 16.7 Å². The molecule has 0 amide bonds. The fraction of sp³-hybridized carbons (Fsp3) is 0.278. The number of likely N-dealkylation sites (tertiary alicyclic amines) is 1. The zero-order valence-electron chi connectivity index (χ0n) is 13.6. The van der Waals surface area contributed by atoms with Gasteiger partial charge in [0.05, 0.1) is 30.5 Å². The lowest BCUT2D eigenvalue weighted by molar-refractivity contribution is 0.240. The third kappa shape index (κ3) is 3.81. The van der Waals surface area contributed by atoms with Crippen molar-refractivity contribution in [1.29, 1.82) is 0 Å². The molecular weight excluding hydrogens is 338 g/mol. The third-order valence-electron chi connectivity index (χ3n) is 4.30. The fourth-order valence-electron chi connectivity index (χ4n) is 3.14. The molecule has 25 heavy (non-hydrogen) atoms. The molecule has 1 aliphatic heterocycles. The van der Waals surface area contributed by atoms with Gasteiger partial charge in [0.1, 0.15) is 5.75 Å². The maximum atomic E-state index is 5.90. The Morgan fingerprint density at radius 3 is 2.84 bits per heavy atom. The molecular formula is C18H18ClN5O. The number of hydrogen-bond acceptors (Lipinski definition) is 5. The van der Waals surface area contributed by atoms with Gasteiger partial charge in [0.2, 0.25) is 5.88 Å². The quantitative estimate of drug-likeness (QED) is 0.749. The Labute approximate surface area is 150 Å². The average Bonchev–Trinajstić information content (AvgIpc) is 3.30. The Hall–Kier alpha value is -2.44. The van der Waals surface area contributed by atoms with Crippen LogP contribution in [0.1, 0.15) is 30.3 Å². The SMILES string of the molecule is Clc1ccc(Oc2cncc([C@@H]3CCCN3Cc3cnc[nH]3)n2)cc1. The van der Waals surface area contributed by atoms with Crippen molar-refractivity contribution in [2.24, 2.45) is 0 Å². The monoisotopic (exact) mass is 355 g/mol. The van der Waals surface area contributed by atoms with Crippen molar-refractivity contribution in [1.82, 2.24) is 24.8 Å². The number of imidazole rings is 1. The normalized spacial score (nSPS) is 17.7. The molecule has 1 aromatic carbocycles. The molecule has 1 aliphatic rings. The number of hydrogen-bond donors (Lipinski definition) is 1. The lowest BCUT2D eigenvalue weighted by atomic mass is 10.1. The standard InChI is InChI=1S/C18H18ClN5O/c19-13-3-5-15(6-4-13)25-18-10-20-9-16(23-18)17-2-1-7-24(17)11-14-8-21-12-22-14/h3-6,8-10,12,17H,1-2,7,11H2,(H,21,22)/t17-/m0/s1. The van der Waals surface area contributed by atoms with Gasteiger partial charge in [-0.1, -0.05) is 11.6 Å². The highest BCUT2D eigenvalue weighted by Gasteiger charge is 2.28. The summed E-state index contributed by atoms with van der Waals surface area (Å²) in [4.78, 5) is 18.6. The van der Waals surface area contributed by atoms with Crippen molar-refractivity contribution in [2.75, 3.05) is 6.54 Å². The third-order valence-corrected chi connectivity index (χ3v) is 4.55. The number of nitrogens with one attached hydrogen (secondary N) is 1. The van der Waals surface area contributed by atoms with Crippen LogP contribution in [0.5, 0.6) is 11.6 Å². The van der Waals surface area contributed by atoms with E-state index in [-0.39, 0.29) is 6.04 Å². The Kier molecular flexibility index (Phi) is 4.63. The van der Waals surface area contributed by atoms with Crippen LogP contribution in [-0.2, 0) is 6.54 Å². The number of aromatic nitrogens is 4. The Bertz CT molecular complexity index is 822. The fourth-order valence-corrected chi connectivity index (χ4v) is 3.26. The van der Waals surface area contributed by atoms with Crippen molar-refractivity contribution in [3.63, 3.8) is 0 Å². The van der Waals surface area contributed by atoms with Crippen molar-refractivity contribution in [2.45, 2.75) is 25.4 Å². The average molecular weight is 356 g/mol. The summed E-state index contributed by atoms with van der Waals surface area (Å²) in [6.07, 6.45) is 9.23. The van der Waals surface area contributed by atoms with Gasteiger partial charge in [-0.15, -0.1) is 0 Å². The number of aromatic amines is 1. The van der Waals surface area contributed by atoms with Gasteiger partial charge in [0.15, 0.2) is 0 Å². The molecule has 0 aliphatic carbocycles. The van der Waals surface area contributed by atoms with E-state index in [1.807, 2.05) is 24.5 Å². The largest absolute Gasteiger partial charge is 0.437 e. The van der Waals surface area contributed by atoms with Gasteiger partial charge in [-0.3, -0.25) is 9.88 Å². The smallest absolute Gasteiger partial charge is 0.238 e. The molecule has 3 heterocycles. The van der Waals surface area contributed by atoms with Crippen LogP contribution < -0.4 is 4.74 Å². The summed E-state index contributed by atoms with van der Waals surface area (Å²) in [5, 5.41) is 0.674. The van der Waals surface area contributed by atoms with Crippen LogP contribution in [0.15, 0.2) is 49.2 Å².